The molecule has 0 bridgehead atoms. The highest BCUT2D eigenvalue weighted by Crippen LogP contribution is 2.52. The van der Waals surface area contributed by atoms with Crippen LogP contribution < -0.4 is 4.90 Å². The van der Waals surface area contributed by atoms with Crippen LogP contribution in [0.3, 0.4) is 0 Å². The van der Waals surface area contributed by atoms with E-state index in [-0.39, 0.29) is 0 Å². The van der Waals surface area contributed by atoms with Gasteiger partial charge < -0.3 is 4.90 Å². The molecule has 29 heavy (non-hydrogen) atoms. The molecule has 152 valence electrons. The molecule has 1 saturated carbocycles. The molecule has 0 spiro atoms. The Labute approximate surface area is 172 Å². The van der Waals surface area contributed by atoms with Crippen LogP contribution >= 0.6 is 0 Å². The Morgan fingerprint density at radius 2 is 2.00 bits per heavy atom. The topological polar surface area (TPSA) is 63.2 Å². The summed E-state index contributed by atoms with van der Waals surface area (Å²) < 4.78 is 24.4. The zero-order chi connectivity index (χ0) is 20.2. The van der Waals surface area contributed by atoms with Crippen molar-refractivity contribution in [2.45, 2.75) is 56.2 Å². The molecular formula is C23H27N3O2S. The minimum absolute atomic E-state index is 0.397. The molecule has 0 amide bonds. The maximum Gasteiger partial charge on any atom is 0.162 e. The van der Waals surface area contributed by atoms with Crippen LogP contribution in [0.1, 0.15) is 55.8 Å². The quantitative estimate of drug-likeness (QED) is 0.760. The average Bonchev–Trinajstić information content (AvgIpc) is 3.39. The van der Waals surface area contributed by atoms with Crippen molar-refractivity contribution in [3.05, 3.63) is 47.2 Å². The second-order valence-electron chi connectivity index (χ2n) is 8.72. The van der Waals surface area contributed by atoms with Crippen molar-refractivity contribution in [2.24, 2.45) is 0 Å². The molecule has 2 fully saturated rings. The summed E-state index contributed by atoms with van der Waals surface area (Å²) in [6.07, 6.45) is 11.3. The zero-order valence-electron chi connectivity index (χ0n) is 17.1. The molecule has 2 heterocycles. The predicted molar refractivity (Wildman–Crippen MR) is 117 cm³/mol. The summed E-state index contributed by atoms with van der Waals surface area (Å²) in [7, 11) is -3.24. The molecule has 2 aromatic rings. The van der Waals surface area contributed by atoms with Gasteiger partial charge in [-0.2, -0.15) is 0 Å². The number of benzene rings is 1. The highest BCUT2D eigenvalue weighted by molar-refractivity contribution is 7.91. The fourth-order valence-corrected chi connectivity index (χ4v) is 6.12. The summed E-state index contributed by atoms with van der Waals surface area (Å²) in [6, 6.07) is 8.57. The molecule has 5 nitrogen and oxygen atoms in total. The van der Waals surface area contributed by atoms with Crippen molar-refractivity contribution in [1.82, 2.24) is 9.97 Å². The molecule has 6 heteroatoms. The van der Waals surface area contributed by atoms with Crippen molar-refractivity contribution >= 4 is 21.7 Å². The molecule has 3 aliphatic rings. The summed E-state index contributed by atoms with van der Waals surface area (Å²) in [5.41, 5.74) is 4.09. The number of hydrogen-bond acceptors (Lipinski definition) is 5. The summed E-state index contributed by atoms with van der Waals surface area (Å²) in [5.74, 6) is 1.51. The maximum absolute atomic E-state index is 12.6. The number of nitrogens with zero attached hydrogens (tertiary/aromatic N) is 3. The molecule has 0 unspecified atom stereocenters. The van der Waals surface area contributed by atoms with Gasteiger partial charge in [-0.3, -0.25) is 0 Å². The number of allylic oxidation sites excluding steroid dienone is 1. The summed E-state index contributed by atoms with van der Waals surface area (Å²) in [5, 5.41) is 0. The summed E-state index contributed by atoms with van der Waals surface area (Å²) in [4.78, 5) is 12.1. The Morgan fingerprint density at radius 1 is 1.17 bits per heavy atom. The van der Waals surface area contributed by atoms with Crippen LogP contribution in [0.25, 0.3) is 17.5 Å². The first-order valence-corrected chi connectivity index (χ1v) is 12.4. The second-order valence-corrected chi connectivity index (χ2v) is 11.1. The van der Waals surface area contributed by atoms with E-state index in [2.05, 4.69) is 36.1 Å². The molecule has 1 aliphatic heterocycles. The van der Waals surface area contributed by atoms with Crippen molar-refractivity contribution in [1.29, 1.82) is 0 Å². The summed E-state index contributed by atoms with van der Waals surface area (Å²) >= 11 is 0. The molecular weight excluding hydrogens is 382 g/mol. The third-order valence-electron chi connectivity index (χ3n) is 6.75. The Hall–Kier alpha value is -2.21. The Balaban J connectivity index is 1.70. The van der Waals surface area contributed by atoms with E-state index in [0.717, 1.165) is 42.8 Å². The molecule has 1 atom stereocenters. The number of sulfone groups is 1. The zero-order valence-corrected chi connectivity index (χ0v) is 17.9. The van der Waals surface area contributed by atoms with Gasteiger partial charge in [-0.05, 0) is 56.6 Å². The standard InChI is InChI=1S/C23H27N3O2S/c1-16-7-3-4-14-26(16)21-15-20(23(12-13-23)29(2,27)28)24-22(25-21)19-11-6-9-17-8-5-10-18(17)19/h5-6,9-11,15-16H,3-4,7-8,12-14H2,1-2H3/t16-/m1/s1. The van der Waals surface area contributed by atoms with Crippen LogP contribution in [0.4, 0.5) is 5.82 Å². The Kier molecular flexibility index (Phi) is 4.32. The van der Waals surface area contributed by atoms with Crippen molar-refractivity contribution < 1.29 is 8.42 Å². The summed E-state index contributed by atoms with van der Waals surface area (Å²) in [6.45, 7) is 3.18. The number of rotatable bonds is 4. The van der Waals surface area contributed by atoms with E-state index in [0.29, 0.717) is 30.4 Å². The second kappa shape index (κ2) is 6.66. The van der Waals surface area contributed by atoms with E-state index in [4.69, 9.17) is 9.97 Å². The van der Waals surface area contributed by atoms with Gasteiger partial charge in [-0.1, -0.05) is 30.4 Å². The number of anilines is 1. The molecule has 1 aromatic carbocycles. The first-order chi connectivity index (χ1) is 13.9. The van der Waals surface area contributed by atoms with Crippen molar-refractivity contribution in [3.8, 4) is 11.4 Å². The largest absolute Gasteiger partial charge is 0.354 e. The van der Waals surface area contributed by atoms with Gasteiger partial charge in [0.1, 0.15) is 10.6 Å². The first kappa shape index (κ1) is 18.8. The van der Waals surface area contributed by atoms with Crippen LogP contribution in [-0.4, -0.2) is 37.2 Å². The van der Waals surface area contributed by atoms with Gasteiger partial charge in [0.2, 0.25) is 0 Å². The fraction of sp³-hybridized carbons (Fsp3) is 0.478. The SMILES string of the molecule is C[C@@H]1CCCCN1c1cc(C2(S(C)(=O)=O)CC2)nc(-c2cccc3c2C=CC3)n1. The molecule has 1 aromatic heterocycles. The van der Waals surface area contributed by atoms with Gasteiger partial charge >= 0.3 is 0 Å². The lowest BCUT2D eigenvalue weighted by Gasteiger charge is -2.35. The normalized spacial score (nSPS) is 22.6. The lowest BCUT2D eigenvalue weighted by atomic mass is 10.0. The molecule has 5 rings (SSSR count). The lowest BCUT2D eigenvalue weighted by molar-refractivity contribution is 0.481. The van der Waals surface area contributed by atoms with Gasteiger partial charge in [0, 0.05) is 30.5 Å². The number of hydrogen-bond donors (Lipinski definition) is 0. The van der Waals surface area contributed by atoms with Crippen molar-refractivity contribution in [3.63, 3.8) is 0 Å². The van der Waals surface area contributed by atoms with Gasteiger partial charge in [0.15, 0.2) is 15.7 Å². The highest BCUT2D eigenvalue weighted by atomic mass is 32.2. The Morgan fingerprint density at radius 3 is 2.72 bits per heavy atom. The van der Waals surface area contributed by atoms with Crippen LogP contribution in [0.2, 0.25) is 0 Å². The van der Waals surface area contributed by atoms with E-state index in [9.17, 15) is 8.42 Å². The monoisotopic (exact) mass is 409 g/mol. The van der Waals surface area contributed by atoms with E-state index in [1.165, 1.54) is 18.2 Å². The number of fused-ring (bicyclic) bond motifs is 1. The van der Waals surface area contributed by atoms with Gasteiger partial charge in [-0.15, -0.1) is 0 Å². The molecule has 0 N–H and O–H groups in total. The van der Waals surface area contributed by atoms with Crippen LogP contribution in [0.5, 0.6) is 0 Å². The van der Waals surface area contributed by atoms with Crippen LogP contribution in [-0.2, 0) is 21.0 Å². The Bertz CT molecular complexity index is 1100. The average molecular weight is 410 g/mol. The lowest BCUT2D eigenvalue weighted by Crippen LogP contribution is -2.38. The minimum atomic E-state index is -3.24. The smallest absolute Gasteiger partial charge is 0.162 e. The van der Waals surface area contributed by atoms with E-state index < -0.39 is 14.6 Å². The van der Waals surface area contributed by atoms with E-state index in [1.54, 1.807) is 0 Å². The van der Waals surface area contributed by atoms with Crippen LogP contribution in [0.15, 0.2) is 30.3 Å². The number of aromatic nitrogens is 2. The van der Waals surface area contributed by atoms with Gasteiger partial charge in [-0.25, -0.2) is 18.4 Å². The molecule has 0 radical (unpaired) electrons. The van der Waals surface area contributed by atoms with E-state index >= 15 is 0 Å². The van der Waals surface area contributed by atoms with Crippen LogP contribution in [0, 0.1) is 0 Å². The number of piperidine rings is 1. The molecule has 2 aliphatic carbocycles. The minimum Gasteiger partial charge on any atom is -0.354 e. The third-order valence-corrected chi connectivity index (χ3v) is 8.79. The third kappa shape index (κ3) is 3.08. The predicted octanol–water partition coefficient (Wildman–Crippen LogP) is 4.13. The highest BCUT2D eigenvalue weighted by Gasteiger charge is 2.55. The van der Waals surface area contributed by atoms with Crippen molar-refractivity contribution in [2.75, 3.05) is 17.7 Å². The first-order valence-electron chi connectivity index (χ1n) is 10.5. The molecule has 1 saturated heterocycles. The van der Waals surface area contributed by atoms with Gasteiger partial charge in [0.25, 0.3) is 0 Å². The maximum atomic E-state index is 12.6. The van der Waals surface area contributed by atoms with E-state index in [1.807, 2.05) is 12.1 Å². The van der Waals surface area contributed by atoms with Gasteiger partial charge in [0.05, 0.1) is 5.69 Å². The fourth-order valence-electron chi connectivity index (χ4n) is 4.79.